The van der Waals surface area contributed by atoms with Gasteiger partial charge in [-0.2, -0.15) is 21.0 Å². The molecular formula is C54H58N8O13S2. The fourth-order valence-electron chi connectivity index (χ4n) is 9.81. The zero-order valence-corrected chi connectivity index (χ0v) is 44.3. The summed E-state index contributed by atoms with van der Waals surface area (Å²) in [5.41, 5.74) is 5.63. The topological polar surface area (TPSA) is 272 Å². The number of ether oxygens (including phenoxy) is 4. The van der Waals surface area contributed by atoms with Crippen molar-refractivity contribution in [1.82, 2.24) is 16.0 Å². The molecule has 3 atom stereocenters. The SMILES string of the molecule is COc1cc2c(cc1OCc1cc(COc3cc4c(cc3OC)C(=O)N3c5ccccc5C[C@H]3C(S(=O)(=O)O)N4)cc(NC(=O)CNC(=O)CNC(=O)CNC(=O)CCC(C)(C)S)c1)NC[C@@H]1Cc3ccccc3N1C2=O. The lowest BCUT2D eigenvalue weighted by Gasteiger charge is -2.27. The lowest BCUT2D eigenvalue weighted by atomic mass is 10.1. The van der Waals surface area contributed by atoms with Gasteiger partial charge in [-0.25, -0.2) is 0 Å². The van der Waals surface area contributed by atoms with Crippen molar-refractivity contribution in [2.24, 2.45) is 0 Å². The van der Waals surface area contributed by atoms with Crippen LogP contribution >= 0.6 is 12.6 Å². The lowest BCUT2D eigenvalue weighted by Crippen LogP contribution is -2.49. The van der Waals surface area contributed by atoms with E-state index >= 15 is 0 Å². The van der Waals surface area contributed by atoms with Gasteiger partial charge in [-0.1, -0.05) is 50.2 Å². The Bertz CT molecular complexity index is 3290. The summed E-state index contributed by atoms with van der Waals surface area (Å²) in [6.45, 7) is 2.69. The highest BCUT2D eigenvalue weighted by Gasteiger charge is 2.47. The van der Waals surface area contributed by atoms with E-state index in [2.05, 4.69) is 44.5 Å². The second-order valence-electron chi connectivity index (χ2n) is 19.6. The number of anilines is 5. The maximum absolute atomic E-state index is 14.3. The second-order valence-corrected chi connectivity index (χ2v) is 22.4. The van der Waals surface area contributed by atoms with Crippen LogP contribution in [0.25, 0.3) is 0 Å². The summed E-state index contributed by atoms with van der Waals surface area (Å²) in [7, 11) is -1.92. The molecule has 0 aromatic heterocycles. The number of hydrogen-bond donors (Lipinski definition) is 8. The second kappa shape index (κ2) is 22.3. The highest BCUT2D eigenvalue weighted by Crippen LogP contribution is 2.44. The van der Waals surface area contributed by atoms with Gasteiger partial charge in [0.15, 0.2) is 28.4 Å². The first-order valence-electron chi connectivity index (χ1n) is 24.7. The van der Waals surface area contributed by atoms with Crippen LogP contribution in [-0.4, -0.2) is 111 Å². The Balaban J connectivity index is 0.930. The van der Waals surface area contributed by atoms with Crippen LogP contribution in [0.1, 0.15) is 69.7 Å². The smallest absolute Gasteiger partial charge is 0.288 e. The van der Waals surface area contributed by atoms with Crippen molar-refractivity contribution in [1.29, 1.82) is 0 Å². The number of rotatable bonds is 19. The molecule has 0 bridgehead atoms. The van der Waals surface area contributed by atoms with Crippen molar-refractivity contribution in [2.45, 2.75) is 74.9 Å². The molecule has 77 heavy (non-hydrogen) atoms. The summed E-state index contributed by atoms with van der Waals surface area (Å²) in [4.78, 5) is 82.1. The average Bonchev–Trinajstić information content (AvgIpc) is 3.92. The number of amides is 6. The summed E-state index contributed by atoms with van der Waals surface area (Å²) >= 11 is 4.40. The van der Waals surface area contributed by atoms with Crippen LogP contribution in [0.2, 0.25) is 0 Å². The fourth-order valence-corrected chi connectivity index (χ4v) is 10.8. The van der Waals surface area contributed by atoms with Gasteiger partial charge in [-0.15, -0.1) is 0 Å². The van der Waals surface area contributed by atoms with E-state index in [0.717, 1.165) is 16.8 Å². The van der Waals surface area contributed by atoms with Crippen LogP contribution in [0.15, 0.2) is 91.0 Å². The van der Waals surface area contributed by atoms with Gasteiger partial charge in [0.2, 0.25) is 23.6 Å². The van der Waals surface area contributed by atoms with Gasteiger partial charge in [0.25, 0.3) is 21.9 Å². The van der Waals surface area contributed by atoms with Crippen molar-refractivity contribution in [3.8, 4) is 23.0 Å². The molecule has 4 heterocycles. The third-order valence-electron chi connectivity index (χ3n) is 13.5. The summed E-state index contributed by atoms with van der Waals surface area (Å²) in [5.74, 6) is -2.06. The quantitative estimate of drug-likeness (QED) is 0.0406. The Morgan fingerprint density at radius 2 is 1.21 bits per heavy atom. The molecule has 0 fully saturated rings. The molecule has 1 unspecified atom stereocenters. The molecular weight excluding hydrogens is 1030 g/mol. The third kappa shape index (κ3) is 12.2. The molecule has 5 aromatic rings. The minimum absolute atomic E-state index is 0.0731. The van der Waals surface area contributed by atoms with E-state index in [4.69, 9.17) is 18.9 Å². The molecule has 23 heteroatoms. The van der Waals surface area contributed by atoms with E-state index in [1.165, 1.54) is 31.3 Å². The van der Waals surface area contributed by atoms with E-state index in [9.17, 15) is 41.7 Å². The van der Waals surface area contributed by atoms with Crippen LogP contribution < -0.4 is 60.6 Å². The molecule has 6 amide bonds. The lowest BCUT2D eigenvalue weighted by molar-refractivity contribution is -0.128. The molecule has 9 rings (SSSR count). The van der Waals surface area contributed by atoms with Crippen LogP contribution in [-0.2, 0) is 55.4 Å². The highest BCUT2D eigenvalue weighted by atomic mass is 32.2. The Hall–Kier alpha value is -8.02. The van der Waals surface area contributed by atoms with E-state index < -0.39 is 58.3 Å². The Kier molecular flexibility index (Phi) is 15.6. The Morgan fingerprint density at radius 1 is 0.688 bits per heavy atom. The number of fused-ring (bicyclic) bond motifs is 8. The molecule has 0 radical (unpaired) electrons. The van der Waals surface area contributed by atoms with Crippen molar-refractivity contribution in [3.63, 3.8) is 0 Å². The van der Waals surface area contributed by atoms with E-state index in [1.54, 1.807) is 54.6 Å². The fraction of sp³-hybridized carbons (Fsp3) is 0.333. The third-order valence-corrected chi connectivity index (χ3v) is 14.8. The molecule has 0 saturated carbocycles. The number of hydrogen-bond acceptors (Lipinski definition) is 15. The van der Waals surface area contributed by atoms with Crippen molar-refractivity contribution in [3.05, 3.63) is 124 Å². The van der Waals surface area contributed by atoms with Gasteiger partial charge in [0.05, 0.1) is 68.4 Å². The summed E-state index contributed by atoms with van der Waals surface area (Å²) in [6, 6.07) is 25.0. The minimum Gasteiger partial charge on any atom is -0.493 e. The zero-order valence-electron chi connectivity index (χ0n) is 42.6. The Morgan fingerprint density at radius 3 is 1.79 bits per heavy atom. The number of methoxy groups -OCH3 is 2. The van der Waals surface area contributed by atoms with Gasteiger partial charge < -0.3 is 60.6 Å². The number of thiol groups is 1. The molecule has 21 nitrogen and oxygen atoms in total. The maximum Gasteiger partial charge on any atom is 0.288 e. The number of benzene rings is 5. The van der Waals surface area contributed by atoms with Crippen molar-refractivity contribution < 1.29 is 60.7 Å². The summed E-state index contributed by atoms with van der Waals surface area (Å²) in [5, 5.41) is 14.9. The van der Waals surface area contributed by atoms with Gasteiger partial charge >= 0.3 is 0 Å². The first-order valence-corrected chi connectivity index (χ1v) is 26.7. The van der Waals surface area contributed by atoms with Crippen molar-refractivity contribution in [2.75, 3.05) is 66.1 Å². The predicted molar refractivity (Wildman–Crippen MR) is 290 cm³/mol. The van der Waals surface area contributed by atoms with Gasteiger partial charge in [-0.3, -0.25) is 33.3 Å². The van der Waals surface area contributed by atoms with Crippen molar-refractivity contribution >= 4 is 86.6 Å². The van der Waals surface area contributed by atoms with Gasteiger partial charge in [0, 0.05) is 46.9 Å². The average molecular weight is 1090 g/mol. The van der Waals surface area contributed by atoms with Gasteiger partial charge in [-0.05, 0) is 84.0 Å². The Labute approximate surface area is 449 Å². The number of para-hydroxylation sites is 2. The number of carbonyl (C=O) groups is 6. The summed E-state index contributed by atoms with van der Waals surface area (Å²) < 4.78 is 60.2. The number of carbonyl (C=O) groups excluding carboxylic acids is 6. The zero-order chi connectivity index (χ0) is 54.8. The van der Waals surface area contributed by atoms with Crippen LogP contribution in [0.5, 0.6) is 23.0 Å². The molecule has 404 valence electrons. The molecule has 7 N–H and O–H groups in total. The van der Waals surface area contributed by atoms with Crippen LogP contribution in [0.4, 0.5) is 28.4 Å². The number of nitrogens with zero attached hydrogens (tertiary/aromatic N) is 2. The molecule has 5 aromatic carbocycles. The highest BCUT2D eigenvalue weighted by molar-refractivity contribution is 7.86. The maximum atomic E-state index is 14.3. The predicted octanol–water partition coefficient (Wildman–Crippen LogP) is 4.85. The molecule has 4 aliphatic heterocycles. The first kappa shape index (κ1) is 53.8. The summed E-state index contributed by atoms with van der Waals surface area (Å²) in [6.07, 6.45) is 1.54. The monoisotopic (exact) mass is 1090 g/mol. The largest absolute Gasteiger partial charge is 0.493 e. The first-order chi connectivity index (χ1) is 36.8. The number of nitrogens with one attached hydrogen (secondary N) is 6. The normalized spacial score (nSPS) is 17.0. The van der Waals surface area contributed by atoms with E-state index in [0.29, 0.717) is 59.0 Å². The van der Waals surface area contributed by atoms with E-state index in [-0.39, 0.29) is 83.6 Å². The molecule has 0 spiro atoms. The van der Waals surface area contributed by atoms with Crippen LogP contribution in [0, 0.1) is 0 Å². The standard InChI is InChI=1S/C54H58N8O13S2/c1-54(2,76)14-13-47(63)56-25-48(64)57-26-49(65)58-27-50(66)59-34-16-30(28-74-45-22-38-36(20-43(45)72-3)52(67)61-35(24-55-38)18-32-9-5-7-11-40(32)61)15-31(17-34)29-75-46-23-39-37(21-44(46)73-4)53(68)62-41-12-8-6-10-33(41)19-42(62)51(60-39)77(69,70)71/h5-12,15-17,20-23,35,42,51,55,60,76H,13-14,18-19,24-29H2,1-4H3,(H,56,63)(H,57,64)(H,58,65)(H,59,66)(H,69,70,71)/t35-,42-,51?/m0/s1. The minimum atomic E-state index is -4.77. The molecule has 0 saturated heterocycles. The van der Waals surface area contributed by atoms with E-state index in [1.807, 2.05) is 43.0 Å². The molecule has 4 aliphatic rings. The molecule has 0 aliphatic carbocycles. The van der Waals surface area contributed by atoms with Crippen LogP contribution in [0.3, 0.4) is 0 Å². The van der Waals surface area contributed by atoms with Gasteiger partial charge in [0.1, 0.15) is 13.2 Å².